The Morgan fingerprint density at radius 3 is 2.46 bits per heavy atom. The molecule has 8 heteroatoms. The first-order valence-corrected chi connectivity index (χ1v) is 12.0. The standard InChI is InChI=1S/C27H31N3O5/c1-3-34-25(31)18-35-22-11-7-10-21(16-22)29-12-14-30(15-13-29)27(33)26(32)23-17-24(28-19(23)2)20-8-5-4-6-9-20/h4-11,16-17,19,23,28H,3,12-15,18H2,1-2H3. The largest absolute Gasteiger partial charge is 0.482 e. The molecule has 35 heavy (non-hydrogen) atoms. The van der Waals surface area contributed by atoms with Crippen molar-refractivity contribution in [1.82, 2.24) is 10.2 Å². The van der Waals surface area contributed by atoms with Gasteiger partial charge in [-0.2, -0.15) is 0 Å². The maximum Gasteiger partial charge on any atom is 0.344 e. The minimum atomic E-state index is -0.482. The van der Waals surface area contributed by atoms with Gasteiger partial charge in [0.15, 0.2) is 6.61 Å². The Morgan fingerprint density at radius 2 is 1.74 bits per heavy atom. The molecule has 2 aliphatic rings. The molecule has 0 saturated carbocycles. The van der Waals surface area contributed by atoms with Crippen LogP contribution in [0.2, 0.25) is 0 Å². The number of anilines is 1. The molecule has 0 aromatic heterocycles. The van der Waals surface area contributed by atoms with Crippen molar-refractivity contribution in [2.45, 2.75) is 19.9 Å². The Morgan fingerprint density at radius 1 is 1.00 bits per heavy atom. The van der Waals surface area contributed by atoms with E-state index < -0.39 is 17.8 Å². The number of ketones is 1. The number of hydrogen-bond donors (Lipinski definition) is 1. The molecule has 1 fully saturated rings. The first kappa shape index (κ1) is 24.3. The summed E-state index contributed by atoms with van der Waals surface area (Å²) in [6, 6.07) is 17.1. The van der Waals surface area contributed by atoms with Crippen LogP contribution in [0, 0.1) is 5.92 Å². The molecular weight excluding hydrogens is 446 g/mol. The van der Waals surface area contributed by atoms with Crippen LogP contribution in [-0.4, -0.2) is 68.0 Å². The van der Waals surface area contributed by atoms with Gasteiger partial charge in [0.1, 0.15) is 5.75 Å². The Bertz CT molecular complexity index is 1090. The number of carbonyl (C=O) groups excluding carboxylic acids is 3. The van der Waals surface area contributed by atoms with E-state index in [-0.39, 0.29) is 18.4 Å². The summed E-state index contributed by atoms with van der Waals surface area (Å²) in [6.45, 7) is 5.97. The van der Waals surface area contributed by atoms with E-state index in [0.717, 1.165) is 16.9 Å². The highest BCUT2D eigenvalue weighted by atomic mass is 16.6. The van der Waals surface area contributed by atoms with Crippen molar-refractivity contribution in [1.29, 1.82) is 0 Å². The average Bonchev–Trinajstić information content (AvgIpc) is 3.29. The number of nitrogens with one attached hydrogen (secondary N) is 1. The molecule has 0 radical (unpaired) electrons. The zero-order valence-corrected chi connectivity index (χ0v) is 20.1. The van der Waals surface area contributed by atoms with Gasteiger partial charge < -0.3 is 24.6 Å². The van der Waals surface area contributed by atoms with Crippen molar-refractivity contribution >= 4 is 29.0 Å². The fourth-order valence-electron chi connectivity index (χ4n) is 4.39. The van der Waals surface area contributed by atoms with Gasteiger partial charge in [0.25, 0.3) is 5.91 Å². The molecule has 2 heterocycles. The van der Waals surface area contributed by atoms with Gasteiger partial charge in [-0.3, -0.25) is 9.59 Å². The van der Waals surface area contributed by atoms with Gasteiger partial charge in [0, 0.05) is 49.7 Å². The van der Waals surface area contributed by atoms with E-state index in [4.69, 9.17) is 9.47 Å². The minimum Gasteiger partial charge on any atom is -0.482 e. The van der Waals surface area contributed by atoms with E-state index in [1.807, 2.05) is 61.5 Å². The molecule has 2 aliphatic heterocycles. The van der Waals surface area contributed by atoms with Gasteiger partial charge in [-0.1, -0.05) is 36.4 Å². The number of esters is 1. The molecule has 1 N–H and O–H groups in total. The minimum absolute atomic E-state index is 0.139. The van der Waals surface area contributed by atoms with E-state index in [1.54, 1.807) is 17.9 Å². The summed E-state index contributed by atoms with van der Waals surface area (Å²) in [6.07, 6.45) is 1.87. The molecule has 1 saturated heterocycles. The van der Waals surface area contributed by atoms with Crippen LogP contribution in [0.25, 0.3) is 5.70 Å². The van der Waals surface area contributed by atoms with Crippen molar-refractivity contribution in [3.63, 3.8) is 0 Å². The number of carbonyl (C=O) groups is 3. The van der Waals surface area contributed by atoms with Gasteiger partial charge in [-0.15, -0.1) is 0 Å². The number of hydrogen-bond acceptors (Lipinski definition) is 7. The zero-order valence-electron chi connectivity index (χ0n) is 20.1. The highest BCUT2D eigenvalue weighted by Gasteiger charge is 2.36. The predicted molar refractivity (Wildman–Crippen MR) is 133 cm³/mol. The number of amides is 1. The summed E-state index contributed by atoms with van der Waals surface area (Å²) in [7, 11) is 0. The molecular formula is C27H31N3O5. The number of nitrogens with zero attached hydrogens (tertiary/aromatic N) is 2. The van der Waals surface area contributed by atoms with Crippen LogP contribution in [-0.2, 0) is 19.1 Å². The highest BCUT2D eigenvalue weighted by molar-refractivity contribution is 6.37. The lowest BCUT2D eigenvalue weighted by atomic mass is 9.97. The molecule has 2 aromatic carbocycles. The summed E-state index contributed by atoms with van der Waals surface area (Å²) >= 11 is 0. The van der Waals surface area contributed by atoms with Gasteiger partial charge in [-0.25, -0.2) is 4.79 Å². The fraction of sp³-hybridized carbons (Fsp3) is 0.370. The van der Waals surface area contributed by atoms with Gasteiger partial charge in [0.05, 0.1) is 12.5 Å². The van der Waals surface area contributed by atoms with Crippen LogP contribution >= 0.6 is 0 Å². The smallest absolute Gasteiger partial charge is 0.344 e. The summed E-state index contributed by atoms with van der Waals surface area (Å²) in [4.78, 5) is 41.4. The van der Waals surface area contributed by atoms with Crippen molar-refractivity contribution in [2.24, 2.45) is 5.92 Å². The Balaban J connectivity index is 1.33. The lowest BCUT2D eigenvalue weighted by molar-refractivity contribution is -0.146. The van der Waals surface area contributed by atoms with Gasteiger partial charge >= 0.3 is 5.97 Å². The van der Waals surface area contributed by atoms with Crippen LogP contribution in [0.3, 0.4) is 0 Å². The first-order chi connectivity index (χ1) is 17.0. The summed E-state index contributed by atoms with van der Waals surface area (Å²) in [5.74, 6) is -1.12. The number of ether oxygens (including phenoxy) is 2. The third kappa shape index (κ3) is 5.82. The maximum absolute atomic E-state index is 13.1. The third-order valence-electron chi connectivity index (χ3n) is 6.28. The Kier molecular flexibility index (Phi) is 7.70. The van der Waals surface area contributed by atoms with Crippen LogP contribution in [0.5, 0.6) is 5.75 Å². The SMILES string of the molecule is CCOC(=O)COc1cccc(N2CCN(C(=O)C(=O)C3C=C(c4ccccc4)NC3C)CC2)c1. The first-order valence-electron chi connectivity index (χ1n) is 12.0. The Labute approximate surface area is 205 Å². The normalized spacial score (nSPS) is 19.5. The Hall–Kier alpha value is -3.81. The summed E-state index contributed by atoms with van der Waals surface area (Å²) in [5.41, 5.74) is 2.83. The van der Waals surface area contributed by atoms with E-state index in [9.17, 15) is 14.4 Å². The number of Topliss-reactive ketones (excluding diaryl/α,β-unsaturated/α-hetero) is 1. The quantitative estimate of drug-likeness (QED) is 0.462. The molecule has 2 atom stereocenters. The molecule has 2 aromatic rings. The summed E-state index contributed by atoms with van der Waals surface area (Å²) < 4.78 is 10.4. The molecule has 2 unspecified atom stereocenters. The van der Waals surface area contributed by atoms with Gasteiger partial charge in [-0.05, 0) is 37.6 Å². The maximum atomic E-state index is 13.1. The highest BCUT2D eigenvalue weighted by Crippen LogP contribution is 2.26. The van der Waals surface area contributed by atoms with E-state index >= 15 is 0 Å². The van der Waals surface area contributed by atoms with Crippen LogP contribution in [0.1, 0.15) is 19.4 Å². The van der Waals surface area contributed by atoms with Crippen LogP contribution in [0.15, 0.2) is 60.7 Å². The molecule has 0 aliphatic carbocycles. The van der Waals surface area contributed by atoms with Crippen LogP contribution < -0.4 is 15.0 Å². The van der Waals surface area contributed by atoms with Crippen LogP contribution in [0.4, 0.5) is 5.69 Å². The van der Waals surface area contributed by atoms with Crippen molar-refractivity contribution in [2.75, 3.05) is 44.3 Å². The fourth-order valence-corrected chi connectivity index (χ4v) is 4.39. The van der Waals surface area contributed by atoms with Crippen molar-refractivity contribution in [3.8, 4) is 5.75 Å². The topological polar surface area (TPSA) is 88.2 Å². The number of piperazine rings is 1. The molecule has 8 nitrogen and oxygen atoms in total. The van der Waals surface area contributed by atoms with E-state index in [2.05, 4.69) is 10.2 Å². The second kappa shape index (κ2) is 11.1. The average molecular weight is 478 g/mol. The number of rotatable bonds is 8. The lowest BCUT2D eigenvalue weighted by Gasteiger charge is -2.36. The molecule has 0 spiro atoms. The summed E-state index contributed by atoms with van der Waals surface area (Å²) in [5, 5.41) is 3.34. The molecule has 1 amide bonds. The molecule has 184 valence electrons. The monoisotopic (exact) mass is 477 g/mol. The number of benzene rings is 2. The zero-order chi connectivity index (χ0) is 24.8. The van der Waals surface area contributed by atoms with Gasteiger partial charge in [0.2, 0.25) is 5.78 Å². The second-order valence-electron chi connectivity index (χ2n) is 8.64. The van der Waals surface area contributed by atoms with Crippen molar-refractivity contribution in [3.05, 3.63) is 66.2 Å². The van der Waals surface area contributed by atoms with E-state index in [0.29, 0.717) is 38.5 Å². The molecule has 4 rings (SSSR count). The van der Waals surface area contributed by atoms with E-state index in [1.165, 1.54) is 0 Å². The molecule has 0 bridgehead atoms. The second-order valence-corrected chi connectivity index (χ2v) is 8.64. The lowest BCUT2D eigenvalue weighted by Crippen LogP contribution is -2.52. The predicted octanol–water partition coefficient (Wildman–Crippen LogP) is 2.50. The van der Waals surface area contributed by atoms with Crippen molar-refractivity contribution < 1.29 is 23.9 Å². The third-order valence-corrected chi connectivity index (χ3v) is 6.28.